The van der Waals surface area contributed by atoms with Crippen LogP contribution in [-0.4, -0.2) is 18.4 Å². The van der Waals surface area contributed by atoms with Crippen molar-refractivity contribution < 1.29 is 12.8 Å². The quantitative estimate of drug-likeness (QED) is 0.556. The lowest BCUT2D eigenvalue weighted by atomic mass is 10.2. The highest BCUT2D eigenvalue weighted by Gasteiger charge is 2.16. The molecule has 4 aromatic rings. The van der Waals surface area contributed by atoms with Gasteiger partial charge in [-0.15, -0.1) is 11.3 Å². The highest BCUT2D eigenvalue weighted by atomic mass is 32.2. The first-order chi connectivity index (χ1) is 12.6. The minimum Gasteiger partial charge on any atom is -0.436 e. The molecular formula is C18H13N3O3S2. The second-order valence-electron chi connectivity index (χ2n) is 5.36. The fourth-order valence-corrected chi connectivity index (χ4v) is 4.16. The van der Waals surface area contributed by atoms with E-state index in [4.69, 9.17) is 4.42 Å². The predicted octanol–water partition coefficient (Wildman–Crippen LogP) is 4.27. The molecule has 2 aromatic heterocycles. The molecule has 2 aromatic carbocycles. The molecule has 0 aliphatic heterocycles. The maximum atomic E-state index is 12.4. The summed E-state index contributed by atoms with van der Waals surface area (Å²) in [7, 11) is -3.67. The van der Waals surface area contributed by atoms with Crippen LogP contribution in [-0.2, 0) is 10.0 Å². The van der Waals surface area contributed by atoms with Crippen molar-refractivity contribution in [2.75, 3.05) is 4.72 Å². The van der Waals surface area contributed by atoms with Crippen molar-refractivity contribution in [2.45, 2.75) is 4.90 Å². The van der Waals surface area contributed by atoms with E-state index in [1.807, 2.05) is 30.3 Å². The first kappa shape index (κ1) is 16.5. The normalized spacial score (nSPS) is 11.4. The minimum atomic E-state index is -3.67. The van der Waals surface area contributed by atoms with E-state index in [1.165, 1.54) is 23.5 Å². The van der Waals surface area contributed by atoms with E-state index in [-0.39, 0.29) is 4.90 Å². The van der Waals surface area contributed by atoms with Gasteiger partial charge in [0.2, 0.25) is 5.89 Å². The zero-order valence-corrected chi connectivity index (χ0v) is 15.0. The van der Waals surface area contributed by atoms with Gasteiger partial charge >= 0.3 is 0 Å². The average molecular weight is 383 g/mol. The van der Waals surface area contributed by atoms with E-state index in [0.29, 0.717) is 22.3 Å². The summed E-state index contributed by atoms with van der Waals surface area (Å²) < 4.78 is 32.9. The fourth-order valence-electron chi connectivity index (χ4n) is 2.37. The molecule has 0 unspecified atom stereocenters. The molecule has 0 atom stereocenters. The highest BCUT2D eigenvalue weighted by molar-refractivity contribution is 7.93. The Hall–Kier alpha value is -2.97. The molecule has 2 heterocycles. The monoisotopic (exact) mass is 383 g/mol. The van der Waals surface area contributed by atoms with Crippen LogP contribution in [0.25, 0.3) is 22.8 Å². The van der Waals surface area contributed by atoms with Gasteiger partial charge in [0, 0.05) is 22.7 Å². The average Bonchev–Trinajstić information content (AvgIpc) is 3.34. The lowest BCUT2D eigenvalue weighted by Gasteiger charge is -2.05. The second kappa shape index (κ2) is 6.74. The van der Waals surface area contributed by atoms with Gasteiger partial charge in [-0.1, -0.05) is 30.3 Å². The molecule has 0 aliphatic carbocycles. The molecule has 0 fully saturated rings. The summed E-state index contributed by atoms with van der Waals surface area (Å²) in [6.07, 6.45) is 3.19. The molecule has 1 N–H and O–H groups in total. The zero-order valence-electron chi connectivity index (χ0n) is 13.4. The number of rotatable bonds is 5. The number of nitrogens with zero attached hydrogens (tertiary/aromatic N) is 2. The van der Waals surface area contributed by atoms with Gasteiger partial charge < -0.3 is 4.42 Å². The maximum Gasteiger partial charge on any atom is 0.263 e. The van der Waals surface area contributed by atoms with Gasteiger partial charge in [-0.2, -0.15) is 0 Å². The first-order valence-electron chi connectivity index (χ1n) is 7.66. The van der Waals surface area contributed by atoms with Crippen LogP contribution in [0.15, 0.2) is 81.7 Å². The van der Waals surface area contributed by atoms with E-state index < -0.39 is 10.0 Å². The van der Waals surface area contributed by atoms with Crippen LogP contribution >= 0.6 is 11.3 Å². The number of hydrogen-bond acceptors (Lipinski definition) is 6. The van der Waals surface area contributed by atoms with E-state index in [1.54, 1.807) is 29.9 Å². The van der Waals surface area contributed by atoms with Crippen molar-refractivity contribution in [1.82, 2.24) is 9.97 Å². The summed E-state index contributed by atoms with van der Waals surface area (Å²) in [6.45, 7) is 0. The summed E-state index contributed by atoms with van der Waals surface area (Å²) in [5, 5.41) is 2.03. The lowest BCUT2D eigenvalue weighted by molar-refractivity contribution is 0.588. The molecule has 26 heavy (non-hydrogen) atoms. The Morgan fingerprint density at radius 3 is 2.38 bits per heavy atom. The molecule has 8 heteroatoms. The SMILES string of the molecule is O=S(=O)(Nc1nccs1)c1ccc(-c2ncc(-c3ccccc3)o2)cc1. The smallest absolute Gasteiger partial charge is 0.263 e. The van der Waals surface area contributed by atoms with Gasteiger partial charge in [0.15, 0.2) is 10.9 Å². The number of thiazole rings is 1. The number of anilines is 1. The Kier molecular flexibility index (Phi) is 4.27. The standard InChI is InChI=1S/C18H13N3O3S2/c22-26(23,21-18-19-10-11-25-18)15-8-6-14(7-9-15)17-20-12-16(24-17)13-4-2-1-3-5-13/h1-12H,(H,19,21). The molecular weight excluding hydrogens is 370 g/mol. The number of aromatic nitrogens is 2. The minimum absolute atomic E-state index is 0.145. The van der Waals surface area contributed by atoms with Crippen LogP contribution in [0, 0.1) is 0 Å². The van der Waals surface area contributed by atoms with Gasteiger partial charge in [-0.05, 0) is 24.3 Å². The van der Waals surface area contributed by atoms with Crippen molar-refractivity contribution in [3.05, 3.63) is 72.4 Å². The van der Waals surface area contributed by atoms with Crippen molar-refractivity contribution in [2.24, 2.45) is 0 Å². The summed E-state index contributed by atoms with van der Waals surface area (Å²) in [5.74, 6) is 1.09. The van der Waals surface area contributed by atoms with Crippen molar-refractivity contribution >= 4 is 26.5 Å². The van der Waals surface area contributed by atoms with Gasteiger partial charge in [0.1, 0.15) is 0 Å². The highest BCUT2D eigenvalue weighted by Crippen LogP contribution is 2.27. The summed E-state index contributed by atoms with van der Waals surface area (Å²) in [6, 6.07) is 16.0. The Balaban J connectivity index is 1.58. The molecule has 4 rings (SSSR count). The van der Waals surface area contributed by atoms with Crippen LogP contribution in [0.4, 0.5) is 5.13 Å². The van der Waals surface area contributed by atoms with E-state index in [9.17, 15) is 8.42 Å². The Labute approximate surface area is 154 Å². The third-order valence-corrected chi connectivity index (χ3v) is 5.80. The molecule has 0 aliphatic rings. The molecule has 130 valence electrons. The van der Waals surface area contributed by atoms with Gasteiger partial charge in [0.05, 0.1) is 11.1 Å². The van der Waals surface area contributed by atoms with Gasteiger partial charge in [-0.25, -0.2) is 18.4 Å². The lowest BCUT2D eigenvalue weighted by Crippen LogP contribution is -2.12. The number of hydrogen-bond donors (Lipinski definition) is 1. The number of sulfonamides is 1. The van der Waals surface area contributed by atoms with Crippen molar-refractivity contribution in [3.63, 3.8) is 0 Å². The van der Waals surface area contributed by atoms with Crippen LogP contribution in [0.2, 0.25) is 0 Å². The first-order valence-corrected chi connectivity index (χ1v) is 10.0. The molecule has 0 spiro atoms. The topological polar surface area (TPSA) is 85.1 Å². The largest absolute Gasteiger partial charge is 0.436 e. The Morgan fingerprint density at radius 1 is 0.923 bits per heavy atom. The third-order valence-electron chi connectivity index (χ3n) is 3.63. The van der Waals surface area contributed by atoms with E-state index in [2.05, 4.69) is 14.7 Å². The van der Waals surface area contributed by atoms with Crippen LogP contribution in [0.3, 0.4) is 0 Å². The molecule has 0 saturated heterocycles. The fraction of sp³-hybridized carbons (Fsp3) is 0. The zero-order chi connectivity index (χ0) is 18.0. The molecule has 0 radical (unpaired) electrons. The summed E-state index contributed by atoms with van der Waals surface area (Å²) in [5.41, 5.74) is 1.62. The van der Waals surface area contributed by atoms with Gasteiger partial charge in [-0.3, -0.25) is 4.72 Å². The van der Waals surface area contributed by atoms with Crippen molar-refractivity contribution in [3.8, 4) is 22.8 Å². The molecule has 0 amide bonds. The maximum absolute atomic E-state index is 12.4. The summed E-state index contributed by atoms with van der Waals surface area (Å²) >= 11 is 1.22. The molecule has 0 bridgehead atoms. The number of benzene rings is 2. The third kappa shape index (κ3) is 3.37. The van der Waals surface area contributed by atoms with E-state index in [0.717, 1.165) is 5.56 Å². The van der Waals surface area contributed by atoms with E-state index >= 15 is 0 Å². The second-order valence-corrected chi connectivity index (χ2v) is 7.94. The molecule has 0 saturated carbocycles. The van der Waals surface area contributed by atoms with Crippen molar-refractivity contribution in [1.29, 1.82) is 0 Å². The van der Waals surface area contributed by atoms with Crippen LogP contribution in [0.5, 0.6) is 0 Å². The predicted molar refractivity (Wildman–Crippen MR) is 100 cm³/mol. The molecule has 6 nitrogen and oxygen atoms in total. The van der Waals surface area contributed by atoms with Gasteiger partial charge in [0.25, 0.3) is 10.0 Å². The summed E-state index contributed by atoms with van der Waals surface area (Å²) in [4.78, 5) is 8.35. The Morgan fingerprint density at radius 2 is 1.69 bits per heavy atom. The Bertz CT molecular complexity index is 1100. The number of oxazole rings is 1. The van der Waals surface area contributed by atoms with Crippen LogP contribution in [0.1, 0.15) is 0 Å². The van der Waals surface area contributed by atoms with Crippen LogP contribution < -0.4 is 4.72 Å². The number of nitrogens with one attached hydrogen (secondary N) is 1.